The number of hydrogen-bond donors (Lipinski definition) is 1. The Morgan fingerprint density at radius 1 is 1.05 bits per heavy atom. The normalized spacial score (nSPS) is 12.2. The molecule has 2 aromatic rings. The van der Waals surface area contributed by atoms with Crippen LogP contribution >= 0.6 is 0 Å². The first-order valence-corrected chi connectivity index (χ1v) is 7.25. The molecule has 2 aromatic carbocycles. The van der Waals surface area contributed by atoms with Crippen LogP contribution in [0.15, 0.2) is 48.5 Å². The number of benzene rings is 2. The SMILES string of the molecule is CCc1ccccc1C(CN)N(C)c1ccccc1C. The van der Waals surface area contributed by atoms with Crippen LogP contribution in [0.1, 0.15) is 29.7 Å². The largest absolute Gasteiger partial charge is 0.366 e. The van der Waals surface area contributed by atoms with Crippen LogP contribution in [0.2, 0.25) is 0 Å². The zero-order valence-corrected chi connectivity index (χ0v) is 12.6. The lowest BCUT2D eigenvalue weighted by atomic mass is 9.97. The molecule has 1 atom stereocenters. The molecule has 0 saturated heterocycles. The molecule has 2 nitrogen and oxygen atoms in total. The molecule has 0 spiro atoms. The van der Waals surface area contributed by atoms with Crippen molar-refractivity contribution in [1.82, 2.24) is 0 Å². The fraction of sp³-hybridized carbons (Fsp3) is 0.333. The van der Waals surface area contributed by atoms with Gasteiger partial charge in [-0.25, -0.2) is 0 Å². The average molecular weight is 268 g/mol. The molecular weight excluding hydrogens is 244 g/mol. The highest BCUT2D eigenvalue weighted by Gasteiger charge is 2.19. The van der Waals surface area contributed by atoms with E-state index in [-0.39, 0.29) is 6.04 Å². The van der Waals surface area contributed by atoms with Gasteiger partial charge in [-0.05, 0) is 36.1 Å². The first-order valence-electron chi connectivity index (χ1n) is 7.25. The van der Waals surface area contributed by atoms with Gasteiger partial charge in [0.25, 0.3) is 0 Å². The molecular formula is C18H24N2. The van der Waals surface area contributed by atoms with Crippen molar-refractivity contribution in [1.29, 1.82) is 0 Å². The molecule has 0 aliphatic rings. The van der Waals surface area contributed by atoms with E-state index in [9.17, 15) is 0 Å². The van der Waals surface area contributed by atoms with Crippen LogP contribution in [-0.4, -0.2) is 13.6 Å². The molecule has 0 saturated carbocycles. The van der Waals surface area contributed by atoms with Crippen molar-refractivity contribution in [2.24, 2.45) is 5.73 Å². The van der Waals surface area contributed by atoms with Gasteiger partial charge in [-0.2, -0.15) is 0 Å². The lowest BCUT2D eigenvalue weighted by Gasteiger charge is -2.32. The van der Waals surface area contributed by atoms with Crippen molar-refractivity contribution in [3.63, 3.8) is 0 Å². The second kappa shape index (κ2) is 6.58. The molecule has 0 bridgehead atoms. The van der Waals surface area contributed by atoms with Gasteiger partial charge >= 0.3 is 0 Å². The van der Waals surface area contributed by atoms with Crippen LogP contribution in [0.3, 0.4) is 0 Å². The molecule has 0 aliphatic carbocycles. The summed E-state index contributed by atoms with van der Waals surface area (Å²) in [5.74, 6) is 0. The van der Waals surface area contributed by atoms with E-state index in [4.69, 9.17) is 5.73 Å². The van der Waals surface area contributed by atoms with E-state index in [1.54, 1.807) is 0 Å². The van der Waals surface area contributed by atoms with Crippen molar-refractivity contribution in [2.75, 3.05) is 18.5 Å². The Morgan fingerprint density at radius 2 is 1.70 bits per heavy atom. The van der Waals surface area contributed by atoms with E-state index < -0.39 is 0 Å². The number of anilines is 1. The second-order valence-corrected chi connectivity index (χ2v) is 5.20. The Labute approximate surface area is 122 Å². The van der Waals surface area contributed by atoms with Crippen LogP contribution in [0, 0.1) is 6.92 Å². The predicted molar refractivity (Wildman–Crippen MR) is 87.2 cm³/mol. The van der Waals surface area contributed by atoms with Gasteiger partial charge in [0.15, 0.2) is 0 Å². The van der Waals surface area contributed by atoms with Crippen molar-refractivity contribution in [2.45, 2.75) is 26.3 Å². The van der Waals surface area contributed by atoms with Gasteiger partial charge in [0, 0.05) is 19.3 Å². The summed E-state index contributed by atoms with van der Waals surface area (Å²) >= 11 is 0. The third-order valence-corrected chi connectivity index (χ3v) is 3.98. The molecule has 1 unspecified atom stereocenters. The lowest BCUT2D eigenvalue weighted by molar-refractivity contribution is 0.672. The van der Waals surface area contributed by atoms with E-state index in [2.05, 4.69) is 74.3 Å². The summed E-state index contributed by atoms with van der Waals surface area (Å²) in [6.45, 7) is 4.95. The molecule has 0 radical (unpaired) electrons. The summed E-state index contributed by atoms with van der Waals surface area (Å²) in [6.07, 6.45) is 1.04. The number of likely N-dealkylation sites (N-methyl/N-ethyl adjacent to an activating group) is 1. The topological polar surface area (TPSA) is 29.3 Å². The number of nitrogens with two attached hydrogens (primary N) is 1. The third kappa shape index (κ3) is 2.86. The van der Waals surface area contributed by atoms with E-state index in [0.717, 1.165) is 6.42 Å². The average Bonchev–Trinajstić information content (AvgIpc) is 2.49. The minimum atomic E-state index is 0.215. The minimum Gasteiger partial charge on any atom is -0.366 e. The van der Waals surface area contributed by atoms with E-state index >= 15 is 0 Å². The Bertz CT molecular complexity index is 563. The molecule has 0 aliphatic heterocycles. The number of aryl methyl sites for hydroxylation is 2. The highest BCUT2D eigenvalue weighted by Crippen LogP contribution is 2.29. The molecule has 2 rings (SSSR count). The van der Waals surface area contributed by atoms with E-state index in [1.165, 1.54) is 22.4 Å². The quantitative estimate of drug-likeness (QED) is 0.896. The van der Waals surface area contributed by atoms with Gasteiger partial charge in [-0.3, -0.25) is 0 Å². The first-order chi connectivity index (χ1) is 9.69. The summed E-state index contributed by atoms with van der Waals surface area (Å²) < 4.78 is 0. The molecule has 0 heterocycles. The van der Waals surface area contributed by atoms with E-state index in [1.807, 2.05) is 0 Å². The number of para-hydroxylation sites is 1. The minimum absolute atomic E-state index is 0.215. The zero-order valence-electron chi connectivity index (χ0n) is 12.6. The predicted octanol–water partition coefficient (Wildman–Crippen LogP) is 3.69. The summed E-state index contributed by atoms with van der Waals surface area (Å²) in [4.78, 5) is 2.30. The van der Waals surface area contributed by atoms with Gasteiger partial charge in [0.2, 0.25) is 0 Å². The molecule has 2 N–H and O–H groups in total. The Balaban J connectivity index is 2.40. The molecule has 0 fully saturated rings. The Kier molecular flexibility index (Phi) is 4.80. The zero-order chi connectivity index (χ0) is 14.5. The van der Waals surface area contributed by atoms with Gasteiger partial charge in [0.1, 0.15) is 0 Å². The smallest absolute Gasteiger partial charge is 0.0664 e. The fourth-order valence-electron chi connectivity index (χ4n) is 2.80. The van der Waals surface area contributed by atoms with Gasteiger partial charge in [-0.15, -0.1) is 0 Å². The maximum atomic E-state index is 6.08. The second-order valence-electron chi connectivity index (χ2n) is 5.20. The van der Waals surface area contributed by atoms with Crippen molar-refractivity contribution in [3.8, 4) is 0 Å². The first kappa shape index (κ1) is 14.6. The van der Waals surface area contributed by atoms with Crippen LogP contribution in [0.5, 0.6) is 0 Å². The van der Waals surface area contributed by atoms with E-state index in [0.29, 0.717) is 6.54 Å². The molecule has 106 valence electrons. The maximum absolute atomic E-state index is 6.08. The van der Waals surface area contributed by atoms with Crippen LogP contribution < -0.4 is 10.6 Å². The molecule has 0 aromatic heterocycles. The Hall–Kier alpha value is -1.80. The van der Waals surface area contributed by atoms with Crippen molar-refractivity contribution < 1.29 is 0 Å². The van der Waals surface area contributed by atoms with Crippen LogP contribution in [0.25, 0.3) is 0 Å². The third-order valence-electron chi connectivity index (χ3n) is 3.98. The number of nitrogens with zero attached hydrogens (tertiary/aromatic N) is 1. The molecule has 2 heteroatoms. The number of rotatable bonds is 5. The number of hydrogen-bond acceptors (Lipinski definition) is 2. The molecule has 0 amide bonds. The van der Waals surface area contributed by atoms with Crippen LogP contribution in [0.4, 0.5) is 5.69 Å². The lowest BCUT2D eigenvalue weighted by Crippen LogP contribution is -2.31. The summed E-state index contributed by atoms with van der Waals surface area (Å²) in [7, 11) is 2.13. The van der Waals surface area contributed by atoms with Crippen molar-refractivity contribution in [3.05, 3.63) is 65.2 Å². The fourth-order valence-corrected chi connectivity index (χ4v) is 2.80. The Morgan fingerprint density at radius 3 is 2.35 bits per heavy atom. The summed E-state index contributed by atoms with van der Waals surface area (Å²) in [5.41, 5.74) is 11.3. The van der Waals surface area contributed by atoms with Crippen LogP contribution in [-0.2, 0) is 6.42 Å². The maximum Gasteiger partial charge on any atom is 0.0664 e. The molecule has 20 heavy (non-hydrogen) atoms. The van der Waals surface area contributed by atoms with Gasteiger partial charge in [0.05, 0.1) is 6.04 Å². The summed E-state index contributed by atoms with van der Waals surface area (Å²) in [5, 5.41) is 0. The van der Waals surface area contributed by atoms with Gasteiger partial charge < -0.3 is 10.6 Å². The van der Waals surface area contributed by atoms with Gasteiger partial charge in [-0.1, -0.05) is 49.4 Å². The van der Waals surface area contributed by atoms with Crippen molar-refractivity contribution >= 4 is 5.69 Å². The highest BCUT2D eigenvalue weighted by atomic mass is 15.1. The standard InChI is InChI=1S/C18H24N2/c1-4-15-10-6-7-11-16(15)18(13-19)20(3)17-12-8-5-9-14(17)2/h5-12,18H,4,13,19H2,1-3H3. The monoisotopic (exact) mass is 268 g/mol. The summed E-state index contributed by atoms with van der Waals surface area (Å²) in [6, 6.07) is 17.3. The highest BCUT2D eigenvalue weighted by molar-refractivity contribution is 5.54.